The number of nitrogens with zero attached hydrogens (tertiary/aromatic N) is 2. The van der Waals surface area contributed by atoms with Gasteiger partial charge in [0.2, 0.25) is 0 Å². The van der Waals surface area contributed by atoms with Gasteiger partial charge < -0.3 is 0 Å². The zero-order valence-corrected chi connectivity index (χ0v) is 13.6. The molecule has 2 nitrogen and oxygen atoms in total. The van der Waals surface area contributed by atoms with E-state index in [1.54, 1.807) is 0 Å². The molecule has 3 aromatic rings. The summed E-state index contributed by atoms with van der Waals surface area (Å²) in [4.78, 5) is 7.08. The lowest BCUT2D eigenvalue weighted by atomic mass is 9.87. The Kier molecular flexibility index (Phi) is 3.84. The van der Waals surface area contributed by atoms with Gasteiger partial charge in [0.25, 0.3) is 0 Å². The minimum Gasteiger partial charge on any atom is -0.295 e. The minimum atomic E-state index is 0.513. The zero-order valence-electron chi connectivity index (χ0n) is 13.6. The molecule has 0 saturated heterocycles. The van der Waals surface area contributed by atoms with Crippen LogP contribution in [0.4, 0.5) is 0 Å². The van der Waals surface area contributed by atoms with Gasteiger partial charge in [-0.25, -0.2) is 0 Å². The summed E-state index contributed by atoms with van der Waals surface area (Å²) < 4.78 is 0. The standard InChI is InChI=1S/C21H22N2/c1-23(20-13-5-8-16-7-2-3-12-19(16)20)15-18-10-4-9-17-11-6-14-22-21(17)18/h2-4,6-7,9-12,14,20H,5,8,13,15H2,1H3/t20-/m1/s1. The van der Waals surface area contributed by atoms with Crippen LogP contribution in [0.3, 0.4) is 0 Å². The van der Waals surface area contributed by atoms with Gasteiger partial charge in [-0.05, 0) is 49.1 Å². The van der Waals surface area contributed by atoms with Crippen LogP contribution in [0.15, 0.2) is 60.8 Å². The topological polar surface area (TPSA) is 16.1 Å². The smallest absolute Gasteiger partial charge is 0.0746 e. The molecule has 116 valence electrons. The van der Waals surface area contributed by atoms with Crippen molar-refractivity contribution < 1.29 is 0 Å². The second-order valence-electron chi connectivity index (χ2n) is 6.51. The summed E-state index contributed by atoms with van der Waals surface area (Å²) >= 11 is 0. The van der Waals surface area contributed by atoms with Crippen molar-refractivity contribution in [2.75, 3.05) is 7.05 Å². The molecule has 0 fully saturated rings. The predicted molar refractivity (Wildman–Crippen MR) is 95.3 cm³/mol. The van der Waals surface area contributed by atoms with E-state index in [0.717, 1.165) is 12.1 Å². The first-order valence-electron chi connectivity index (χ1n) is 8.43. The number of para-hydroxylation sites is 1. The normalized spacial score (nSPS) is 17.4. The van der Waals surface area contributed by atoms with Crippen LogP contribution in [0.25, 0.3) is 10.9 Å². The van der Waals surface area contributed by atoms with E-state index >= 15 is 0 Å². The minimum absolute atomic E-state index is 0.513. The van der Waals surface area contributed by atoms with E-state index in [4.69, 9.17) is 0 Å². The summed E-state index contributed by atoms with van der Waals surface area (Å²) in [6.45, 7) is 0.938. The molecule has 1 aromatic heterocycles. The largest absolute Gasteiger partial charge is 0.295 e. The second-order valence-corrected chi connectivity index (χ2v) is 6.51. The zero-order chi connectivity index (χ0) is 15.6. The number of fused-ring (bicyclic) bond motifs is 2. The fourth-order valence-electron chi connectivity index (χ4n) is 3.86. The second kappa shape index (κ2) is 6.13. The van der Waals surface area contributed by atoms with E-state index in [0.29, 0.717) is 6.04 Å². The third kappa shape index (κ3) is 2.75. The Morgan fingerprint density at radius 1 is 1.04 bits per heavy atom. The first-order chi connectivity index (χ1) is 11.3. The molecule has 4 rings (SSSR count). The molecular weight excluding hydrogens is 280 g/mol. The molecule has 1 aliphatic rings. The van der Waals surface area contributed by atoms with Crippen LogP contribution in [0.5, 0.6) is 0 Å². The summed E-state index contributed by atoms with van der Waals surface area (Å²) in [5.74, 6) is 0. The maximum atomic E-state index is 4.60. The molecule has 0 radical (unpaired) electrons. The lowest BCUT2D eigenvalue weighted by Gasteiger charge is -2.33. The van der Waals surface area contributed by atoms with Crippen LogP contribution in [0.1, 0.15) is 35.6 Å². The fraction of sp³-hybridized carbons (Fsp3) is 0.286. The fourth-order valence-corrected chi connectivity index (χ4v) is 3.86. The monoisotopic (exact) mass is 302 g/mol. The Balaban J connectivity index is 1.64. The lowest BCUT2D eigenvalue weighted by Crippen LogP contribution is -2.27. The van der Waals surface area contributed by atoms with Gasteiger partial charge in [0, 0.05) is 24.2 Å². The van der Waals surface area contributed by atoms with E-state index in [2.05, 4.69) is 65.5 Å². The van der Waals surface area contributed by atoms with Crippen molar-refractivity contribution in [3.05, 3.63) is 77.5 Å². The number of aryl methyl sites for hydroxylation is 1. The molecule has 0 N–H and O–H groups in total. The van der Waals surface area contributed by atoms with Crippen LogP contribution in [0.2, 0.25) is 0 Å². The van der Waals surface area contributed by atoms with E-state index in [-0.39, 0.29) is 0 Å². The molecule has 1 aliphatic carbocycles. The lowest BCUT2D eigenvalue weighted by molar-refractivity contribution is 0.214. The molecule has 23 heavy (non-hydrogen) atoms. The highest BCUT2D eigenvalue weighted by atomic mass is 15.1. The highest BCUT2D eigenvalue weighted by Gasteiger charge is 2.23. The molecule has 0 unspecified atom stereocenters. The Morgan fingerprint density at radius 3 is 2.87 bits per heavy atom. The van der Waals surface area contributed by atoms with E-state index in [9.17, 15) is 0 Å². The molecule has 0 aliphatic heterocycles. The Hall–Kier alpha value is -2.19. The molecular formula is C21H22N2. The van der Waals surface area contributed by atoms with Crippen LogP contribution >= 0.6 is 0 Å². The summed E-state index contributed by atoms with van der Waals surface area (Å²) in [6.07, 6.45) is 5.63. The summed E-state index contributed by atoms with van der Waals surface area (Å²) in [5, 5.41) is 1.22. The van der Waals surface area contributed by atoms with Gasteiger partial charge in [0.1, 0.15) is 0 Å². The SMILES string of the molecule is CN(Cc1cccc2cccnc12)[C@@H]1CCCc2ccccc21. The first kappa shape index (κ1) is 14.4. The molecule has 0 bridgehead atoms. The molecule has 1 atom stereocenters. The quantitative estimate of drug-likeness (QED) is 0.694. The van der Waals surface area contributed by atoms with Crippen LogP contribution < -0.4 is 0 Å². The Labute approximate surface area is 137 Å². The third-order valence-electron chi connectivity index (χ3n) is 5.01. The van der Waals surface area contributed by atoms with E-state index < -0.39 is 0 Å². The summed E-state index contributed by atoms with van der Waals surface area (Å²) in [7, 11) is 2.24. The molecule has 2 aromatic carbocycles. The van der Waals surface area contributed by atoms with Crippen LogP contribution in [-0.4, -0.2) is 16.9 Å². The van der Waals surface area contributed by atoms with Crippen LogP contribution in [0, 0.1) is 0 Å². The average Bonchev–Trinajstić information content (AvgIpc) is 2.61. The molecule has 1 heterocycles. The average molecular weight is 302 g/mol. The van der Waals surface area contributed by atoms with Gasteiger partial charge in [-0.1, -0.05) is 48.5 Å². The van der Waals surface area contributed by atoms with E-state index in [1.165, 1.54) is 41.3 Å². The number of rotatable bonds is 3. The van der Waals surface area contributed by atoms with Crippen molar-refractivity contribution >= 4 is 10.9 Å². The number of hydrogen-bond donors (Lipinski definition) is 0. The number of aromatic nitrogens is 1. The summed E-state index contributed by atoms with van der Waals surface area (Å²) in [5.41, 5.74) is 5.47. The van der Waals surface area contributed by atoms with Gasteiger partial charge in [-0.3, -0.25) is 9.88 Å². The Bertz CT molecular complexity index is 819. The van der Waals surface area contributed by atoms with Gasteiger partial charge in [0.15, 0.2) is 0 Å². The van der Waals surface area contributed by atoms with Crippen molar-refractivity contribution in [1.82, 2.24) is 9.88 Å². The maximum Gasteiger partial charge on any atom is 0.0746 e. The molecule has 0 saturated carbocycles. The number of hydrogen-bond acceptors (Lipinski definition) is 2. The first-order valence-corrected chi connectivity index (χ1v) is 8.43. The molecule has 2 heteroatoms. The van der Waals surface area contributed by atoms with E-state index in [1.807, 2.05) is 12.3 Å². The van der Waals surface area contributed by atoms with Gasteiger partial charge in [-0.2, -0.15) is 0 Å². The predicted octanol–water partition coefficient (Wildman–Crippen LogP) is 4.74. The van der Waals surface area contributed by atoms with Crippen molar-refractivity contribution in [2.24, 2.45) is 0 Å². The van der Waals surface area contributed by atoms with Crippen molar-refractivity contribution in [3.8, 4) is 0 Å². The Morgan fingerprint density at radius 2 is 1.91 bits per heavy atom. The van der Waals surface area contributed by atoms with Gasteiger partial charge in [-0.15, -0.1) is 0 Å². The van der Waals surface area contributed by atoms with Crippen molar-refractivity contribution in [2.45, 2.75) is 31.8 Å². The highest BCUT2D eigenvalue weighted by Crippen LogP contribution is 2.34. The maximum absolute atomic E-state index is 4.60. The van der Waals surface area contributed by atoms with Crippen molar-refractivity contribution in [1.29, 1.82) is 0 Å². The van der Waals surface area contributed by atoms with Crippen molar-refractivity contribution in [3.63, 3.8) is 0 Å². The molecule has 0 amide bonds. The van der Waals surface area contributed by atoms with Gasteiger partial charge in [0.05, 0.1) is 5.52 Å². The third-order valence-corrected chi connectivity index (χ3v) is 5.01. The number of benzene rings is 2. The van der Waals surface area contributed by atoms with Gasteiger partial charge >= 0.3 is 0 Å². The summed E-state index contributed by atoms with van der Waals surface area (Å²) in [6, 6.07) is 20.1. The number of pyridine rings is 1. The molecule has 0 spiro atoms. The highest BCUT2D eigenvalue weighted by molar-refractivity contribution is 5.81. The van der Waals surface area contributed by atoms with Crippen LogP contribution in [-0.2, 0) is 13.0 Å².